The van der Waals surface area contributed by atoms with Crippen molar-refractivity contribution in [1.82, 2.24) is 0 Å². The number of hydrogen-bond acceptors (Lipinski definition) is 5. The van der Waals surface area contributed by atoms with Crippen molar-refractivity contribution in [2.24, 2.45) is 0 Å². The zero-order chi connectivity index (χ0) is 18.6. The summed E-state index contributed by atoms with van der Waals surface area (Å²) >= 11 is 0. The average molecular weight is 360 g/mol. The van der Waals surface area contributed by atoms with Crippen molar-refractivity contribution in [3.8, 4) is 5.75 Å². The Hall–Kier alpha value is -3.60. The first-order valence-corrected chi connectivity index (χ1v) is 8.48. The van der Waals surface area contributed by atoms with Crippen LogP contribution in [0.5, 0.6) is 5.75 Å². The van der Waals surface area contributed by atoms with Gasteiger partial charge in [0.1, 0.15) is 11.3 Å². The molecule has 4 rings (SSSR count). The molecule has 0 amide bonds. The second-order valence-corrected chi connectivity index (χ2v) is 6.03. The molecule has 5 heteroatoms. The summed E-state index contributed by atoms with van der Waals surface area (Å²) in [6, 6.07) is 22.3. The van der Waals surface area contributed by atoms with Gasteiger partial charge in [0.05, 0.1) is 0 Å². The van der Waals surface area contributed by atoms with Gasteiger partial charge in [0.2, 0.25) is 5.78 Å². The van der Waals surface area contributed by atoms with Crippen LogP contribution in [0.25, 0.3) is 21.7 Å². The molecule has 1 aromatic heterocycles. The quantitative estimate of drug-likeness (QED) is 0.377. The van der Waals surface area contributed by atoms with Crippen molar-refractivity contribution in [2.45, 2.75) is 0 Å². The van der Waals surface area contributed by atoms with Crippen molar-refractivity contribution in [1.29, 1.82) is 0 Å². The predicted octanol–water partition coefficient (Wildman–Crippen LogP) is 4.39. The van der Waals surface area contributed by atoms with E-state index in [1.807, 2.05) is 54.6 Å². The van der Waals surface area contributed by atoms with E-state index in [4.69, 9.17) is 13.9 Å². The number of para-hydroxylation sites is 1. The molecule has 0 unspecified atom stereocenters. The largest absolute Gasteiger partial charge is 0.482 e. The minimum Gasteiger partial charge on any atom is -0.482 e. The van der Waals surface area contributed by atoms with Gasteiger partial charge in [-0.05, 0) is 35.0 Å². The van der Waals surface area contributed by atoms with Gasteiger partial charge in [-0.25, -0.2) is 4.79 Å². The summed E-state index contributed by atoms with van der Waals surface area (Å²) in [5, 5.41) is 2.93. The summed E-state index contributed by atoms with van der Waals surface area (Å²) in [5.41, 5.74) is 0.617. The molecule has 0 atom stereocenters. The molecule has 0 saturated carbocycles. The molecule has 1 heterocycles. The van der Waals surface area contributed by atoms with Crippen LogP contribution >= 0.6 is 0 Å². The Kier molecular flexibility index (Phi) is 4.58. The van der Waals surface area contributed by atoms with E-state index in [9.17, 15) is 9.59 Å². The Morgan fingerprint density at radius 3 is 2.33 bits per heavy atom. The third-order valence-corrected chi connectivity index (χ3v) is 4.14. The zero-order valence-electron chi connectivity index (χ0n) is 14.4. The lowest BCUT2D eigenvalue weighted by Gasteiger charge is -2.07. The van der Waals surface area contributed by atoms with Crippen molar-refractivity contribution in [3.05, 3.63) is 78.6 Å². The number of furan rings is 1. The molecule has 0 saturated heterocycles. The summed E-state index contributed by atoms with van der Waals surface area (Å²) in [5.74, 6) is -0.286. The van der Waals surface area contributed by atoms with Crippen LogP contribution in [-0.4, -0.2) is 25.0 Å². The van der Waals surface area contributed by atoms with Gasteiger partial charge in [-0.3, -0.25) is 4.79 Å². The third-order valence-electron chi connectivity index (χ3n) is 4.14. The second-order valence-electron chi connectivity index (χ2n) is 6.03. The van der Waals surface area contributed by atoms with Crippen LogP contribution in [0.3, 0.4) is 0 Å². The van der Waals surface area contributed by atoms with Gasteiger partial charge in [0, 0.05) is 5.39 Å². The minimum absolute atomic E-state index is 0.166. The van der Waals surface area contributed by atoms with Crippen molar-refractivity contribution < 1.29 is 23.5 Å². The molecule has 0 bridgehead atoms. The highest BCUT2D eigenvalue weighted by atomic mass is 16.6. The molecule has 0 N–H and O–H groups in total. The molecule has 0 aliphatic carbocycles. The minimum atomic E-state index is -0.618. The maximum absolute atomic E-state index is 12.1. The first-order chi connectivity index (χ1) is 13.2. The van der Waals surface area contributed by atoms with Gasteiger partial charge in [0.25, 0.3) is 0 Å². The summed E-state index contributed by atoms with van der Waals surface area (Å²) in [7, 11) is 0. The van der Waals surface area contributed by atoms with Gasteiger partial charge in [0.15, 0.2) is 19.0 Å². The number of fused-ring (bicyclic) bond motifs is 2. The highest BCUT2D eigenvalue weighted by molar-refractivity contribution is 5.99. The third kappa shape index (κ3) is 3.82. The maximum atomic E-state index is 12.1. The summed E-state index contributed by atoms with van der Waals surface area (Å²) in [6.07, 6.45) is 0. The molecule has 27 heavy (non-hydrogen) atoms. The SMILES string of the molecule is O=C(COc1ccc2ccccc2c1)OCC(=O)c1cc2ccccc2o1. The van der Waals surface area contributed by atoms with Gasteiger partial charge >= 0.3 is 5.97 Å². The topological polar surface area (TPSA) is 65.7 Å². The van der Waals surface area contributed by atoms with E-state index in [0.717, 1.165) is 16.2 Å². The number of hydrogen-bond donors (Lipinski definition) is 0. The van der Waals surface area contributed by atoms with Crippen molar-refractivity contribution in [3.63, 3.8) is 0 Å². The molecule has 0 aliphatic rings. The first kappa shape index (κ1) is 16.8. The van der Waals surface area contributed by atoms with E-state index >= 15 is 0 Å². The molecule has 0 radical (unpaired) electrons. The average Bonchev–Trinajstić information content (AvgIpc) is 3.14. The van der Waals surface area contributed by atoms with E-state index in [2.05, 4.69) is 0 Å². The van der Waals surface area contributed by atoms with Crippen LogP contribution in [0.4, 0.5) is 0 Å². The lowest BCUT2D eigenvalue weighted by atomic mass is 10.1. The first-order valence-electron chi connectivity index (χ1n) is 8.48. The monoisotopic (exact) mass is 360 g/mol. The van der Waals surface area contributed by atoms with Crippen molar-refractivity contribution >= 4 is 33.5 Å². The Bertz CT molecular complexity index is 1090. The van der Waals surface area contributed by atoms with Crippen LogP contribution in [0.2, 0.25) is 0 Å². The van der Waals surface area contributed by atoms with Crippen LogP contribution in [0.1, 0.15) is 10.6 Å². The molecule has 0 spiro atoms. The highest BCUT2D eigenvalue weighted by Crippen LogP contribution is 2.21. The molecular formula is C22H16O5. The highest BCUT2D eigenvalue weighted by Gasteiger charge is 2.15. The fourth-order valence-electron chi connectivity index (χ4n) is 2.78. The van der Waals surface area contributed by atoms with Gasteiger partial charge in [-0.15, -0.1) is 0 Å². The Labute approximate surface area is 155 Å². The zero-order valence-corrected chi connectivity index (χ0v) is 14.4. The fraction of sp³-hybridized carbons (Fsp3) is 0.0909. The van der Waals surface area contributed by atoms with E-state index in [0.29, 0.717) is 11.3 Å². The molecule has 0 aliphatic heterocycles. The summed E-state index contributed by atoms with van der Waals surface area (Å²) in [6.45, 7) is -0.661. The van der Waals surface area contributed by atoms with Crippen LogP contribution < -0.4 is 4.74 Å². The lowest BCUT2D eigenvalue weighted by Crippen LogP contribution is -2.19. The Morgan fingerprint density at radius 1 is 0.778 bits per heavy atom. The molecule has 0 fully saturated rings. The van der Waals surface area contributed by atoms with Gasteiger partial charge in [-0.2, -0.15) is 0 Å². The standard InChI is InChI=1S/C22H16O5/c23-19(21-12-17-7-3-4-8-20(17)27-21)13-26-22(24)14-25-18-10-9-15-5-1-2-6-16(15)11-18/h1-12H,13-14H2. The number of ketones is 1. The molecular weight excluding hydrogens is 344 g/mol. The molecule has 4 aromatic rings. The molecule has 3 aromatic carbocycles. The Balaban J connectivity index is 1.31. The number of ether oxygens (including phenoxy) is 2. The summed E-state index contributed by atoms with van der Waals surface area (Å²) in [4.78, 5) is 24.0. The smallest absolute Gasteiger partial charge is 0.344 e. The van der Waals surface area contributed by atoms with E-state index in [1.165, 1.54) is 0 Å². The van der Waals surface area contributed by atoms with Crippen LogP contribution in [0.15, 0.2) is 77.2 Å². The fourth-order valence-corrected chi connectivity index (χ4v) is 2.78. The predicted molar refractivity (Wildman–Crippen MR) is 101 cm³/mol. The van der Waals surface area contributed by atoms with Crippen LogP contribution in [0, 0.1) is 0 Å². The summed E-state index contributed by atoms with van der Waals surface area (Å²) < 4.78 is 15.9. The molecule has 5 nitrogen and oxygen atoms in total. The Morgan fingerprint density at radius 2 is 1.52 bits per heavy atom. The van der Waals surface area contributed by atoms with Crippen molar-refractivity contribution in [2.75, 3.05) is 13.2 Å². The lowest BCUT2D eigenvalue weighted by molar-refractivity contribution is -0.144. The van der Waals surface area contributed by atoms with E-state index < -0.39 is 11.8 Å². The number of Topliss-reactive ketones (excluding diaryl/α,β-unsaturated/α-hetero) is 1. The number of carbonyl (C=O) groups excluding carboxylic acids is 2. The number of rotatable bonds is 6. The second kappa shape index (κ2) is 7.33. The van der Waals surface area contributed by atoms with Gasteiger partial charge in [-0.1, -0.05) is 48.5 Å². The normalized spacial score (nSPS) is 10.8. The number of carbonyl (C=O) groups is 2. The van der Waals surface area contributed by atoms with E-state index in [-0.39, 0.29) is 19.0 Å². The van der Waals surface area contributed by atoms with E-state index in [1.54, 1.807) is 18.2 Å². The number of esters is 1. The van der Waals surface area contributed by atoms with Crippen LogP contribution in [-0.2, 0) is 9.53 Å². The molecule has 134 valence electrons. The number of benzene rings is 3. The van der Waals surface area contributed by atoms with Gasteiger partial charge < -0.3 is 13.9 Å². The maximum Gasteiger partial charge on any atom is 0.344 e.